The van der Waals surface area contributed by atoms with Crippen LogP contribution in [0.2, 0.25) is 0 Å². The lowest BCUT2D eigenvalue weighted by atomic mass is 10.1. The third-order valence-electron chi connectivity index (χ3n) is 3.29. The minimum atomic E-state index is -0.379. The zero-order valence-corrected chi connectivity index (χ0v) is 12.7. The Kier molecular flexibility index (Phi) is 7.41. The second-order valence-electron chi connectivity index (χ2n) is 5.07. The maximum absolute atomic E-state index is 11.7. The standard InChI is InChI=1S/C15H22N2O2.ClH/c1-13(12-17-10-6-3-7-11-17)19-15(18)16-14-8-4-2-5-9-14;/h2,4-5,8-9,13H,3,6-7,10-12H2,1H3,(H,16,18);1H. The molecule has 0 bridgehead atoms. The minimum Gasteiger partial charge on any atom is -0.445 e. The van der Waals surface area contributed by atoms with Crippen LogP contribution in [0.1, 0.15) is 26.2 Å². The van der Waals surface area contributed by atoms with Crippen molar-refractivity contribution in [1.29, 1.82) is 0 Å². The third kappa shape index (κ3) is 5.80. The van der Waals surface area contributed by atoms with Gasteiger partial charge in [0.15, 0.2) is 0 Å². The number of benzene rings is 1. The number of halogens is 1. The third-order valence-corrected chi connectivity index (χ3v) is 3.29. The van der Waals surface area contributed by atoms with Gasteiger partial charge in [-0.15, -0.1) is 12.4 Å². The van der Waals surface area contributed by atoms with Crippen LogP contribution < -0.4 is 5.32 Å². The summed E-state index contributed by atoms with van der Waals surface area (Å²) < 4.78 is 5.37. The Morgan fingerprint density at radius 1 is 1.25 bits per heavy atom. The van der Waals surface area contributed by atoms with E-state index in [2.05, 4.69) is 10.2 Å². The predicted octanol–water partition coefficient (Wildman–Crippen LogP) is 3.53. The highest BCUT2D eigenvalue weighted by Crippen LogP contribution is 2.11. The summed E-state index contributed by atoms with van der Waals surface area (Å²) in [6.07, 6.45) is 3.36. The summed E-state index contributed by atoms with van der Waals surface area (Å²) in [5.74, 6) is 0. The largest absolute Gasteiger partial charge is 0.445 e. The molecule has 1 unspecified atom stereocenters. The van der Waals surface area contributed by atoms with Gasteiger partial charge in [-0.05, 0) is 45.0 Å². The Labute approximate surface area is 126 Å². The number of nitrogens with one attached hydrogen (secondary N) is 1. The molecule has 5 heteroatoms. The van der Waals surface area contributed by atoms with E-state index < -0.39 is 0 Å². The van der Waals surface area contributed by atoms with E-state index in [-0.39, 0.29) is 24.6 Å². The molecule has 0 saturated carbocycles. The number of hydrogen-bond donors (Lipinski definition) is 1. The molecule has 1 atom stereocenters. The fourth-order valence-corrected chi connectivity index (χ4v) is 2.39. The van der Waals surface area contributed by atoms with Crippen molar-refractivity contribution < 1.29 is 9.53 Å². The van der Waals surface area contributed by atoms with Gasteiger partial charge in [-0.25, -0.2) is 4.79 Å². The molecule has 1 aromatic carbocycles. The Balaban J connectivity index is 0.00000200. The molecule has 112 valence electrons. The monoisotopic (exact) mass is 298 g/mol. The summed E-state index contributed by atoms with van der Waals surface area (Å²) in [5, 5.41) is 2.73. The number of rotatable bonds is 4. The van der Waals surface area contributed by atoms with E-state index >= 15 is 0 Å². The lowest BCUT2D eigenvalue weighted by Gasteiger charge is -2.28. The molecule has 1 aromatic rings. The van der Waals surface area contributed by atoms with E-state index in [1.165, 1.54) is 19.3 Å². The van der Waals surface area contributed by atoms with E-state index in [0.29, 0.717) is 0 Å². The van der Waals surface area contributed by atoms with Gasteiger partial charge in [-0.1, -0.05) is 24.6 Å². The molecule has 1 aliphatic rings. The second kappa shape index (κ2) is 8.82. The number of hydrogen-bond acceptors (Lipinski definition) is 3. The van der Waals surface area contributed by atoms with Crippen LogP contribution in [0.3, 0.4) is 0 Å². The quantitative estimate of drug-likeness (QED) is 0.924. The summed E-state index contributed by atoms with van der Waals surface area (Å²) in [7, 11) is 0. The average Bonchev–Trinajstić information content (AvgIpc) is 2.40. The lowest BCUT2D eigenvalue weighted by Crippen LogP contribution is -2.37. The van der Waals surface area contributed by atoms with E-state index in [9.17, 15) is 4.79 Å². The maximum Gasteiger partial charge on any atom is 0.411 e. The Hall–Kier alpha value is -1.26. The Bertz CT molecular complexity index is 394. The van der Waals surface area contributed by atoms with Gasteiger partial charge in [0.05, 0.1) is 0 Å². The molecule has 1 saturated heterocycles. The lowest BCUT2D eigenvalue weighted by molar-refractivity contribution is 0.0833. The van der Waals surface area contributed by atoms with Gasteiger partial charge < -0.3 is 4.74 Å². The number of likely N-dealkylation sites (tertiary alicyclic amines) is 1. The van der Waals surface area contributed by atoms with Crippen molar-refractivity contribution in [2.45, 2.75) is 32.3 Å². The molecule has 20 heavy (non-hydrogen) atoms. The molecule has 4 nitrogen and oxygen atoms in total. The summed E-state index contributed by atoms with van der Waals surface area (Å²) in [5.41, 5.74) is 0.762. The minimum absolute atomic E-state index is 0. The first kappa shape index (κ1) is 16.8. The number of ether oxygens (including phenoxy) is 1. The van der Waals surface area contributed by atoms with Crippen LogP contribution in [0.15, 0.2) is 30.3 Å². The fraction of sp³-hybridized carbons (Fsp3) is 0.533. The number of anilines is 1. The first-order chi connectivity index (χ1) is 9.24. The number of carbonyl (C=O) groups is 1. The highest BCUT2D eigenvalue weighted by atomic mass is 35.5. The van der Waals surface area contributed by atoms with Crippen molar-refractivity contribution >= 4 is 24.2 Å². The van der Waals surface area contributed by atoms with Crippen LogP contribution in [-0.4, -0.2) is 36.7 Å². The zero-order valence-electron chi connectivity index (χ0n) is 11.9. The molecule has 0 radical (unpaired) electrons. The van der Waals surface area contributed by atoms with Crippen molar-refractivity contribution in [3.05, 3.63) is 30.3 Å². The molecule has 1 amide bonds. The fourth-order valence-electron chi connectivity index (χ4n) is 2.39. The Morgan fingerprint density at radius 3 is 2.55 bits per heavy atom. The van der Waals surface area contributed by atoms with Gasteiger partial charge in [0.2, 0.25) is 0 Å². The first-order valence-electron chi connectivity index (χ1n) is 6.99. The summed E-state index contributed by atoms with van der Waals surface area (Å²) in [4.78, 5) is 14.1. The van der Waals surface area contributed by atoms with Crippen LogP contribution in [0, 0.1) is 0 Å². The summed E-state index contributed by atoms with van der Waals surface area (Å²) in [6.45, 7) is 5.00. The number of para-hydroxylation sites is 1. The van der Waals surface area contributed by atoms with Gasteiger partial charge in [-0.2, -0.15) is 0 Å². The Morgan fingerprint density at radius 2 is 1.90 bits per heavy atom. The predicted molar refractivity (Wildman–Crippen MR) is 83.5 cm³/mol. The van der Waals surface area contributed by atoms with Crippen LogP contribution >= 0.6 is 12.4 Å². The van der Waals surface area contributed by atoms with Crippen LogP contribution in [-0.2, 0) is 4.74 Å². The van der Waals surface area contributed by atoms with Crippen molar-refractivity contribution in [2.75, 3.05) is 25.0 Å². The SMILES string of the molecule is CC(CN1CCCCC1)OC(=O)Nc1ccccc1.Cl. The average molecular weight is 299 g/mol. The van der Waals surface area contributed by atoms with Crippen molar-refractivity contribution in [3.8, 4) is 0 Å². The maximum atomic E-state index is 11.7. The smallest absolute Gasteiger partial charge is 0.411 e. The van der Waals surface area contributed by atoms with E-state index in [1.807, 2.05) is 37.3 Å². The number of carbonyl (C=O) groups excluding carboxylic acids is 1. The number of piperidine rings is 1. The van der Waals surface area contributed by atoms with E-state index in [1.54, 1.807) is 0 Å². The van der Waals surface area contributed by atoms with Crippen molar-refractivity contribution in [1.82, 2.24) is 4.90 Å². The van der Waals surface area contributed by atoms with Gasteiger partial charge in [0.1, 0.15) is 6.10 Å². The highest BCUT2D eigenvalue weighted by molar-refractivity contribution is 5.85. The molecule has 2 rings (SSSR count). The van der Waals surface area contributed by atoms with Crippen molar-refractivity contribution in [2.24, 2.45) is 0 Å². The van der Waals surface area contributed by atoms with Crippen molar-refractivity contribution in [3.63, 3.8) is 0 Å². The second-order valence-corrected chi connectivity index (χ2v) is 5.07. The van der Waals surface area contributed by atoms with Gasteiger partial charge in [-0.3, -0.25) is 10.2 Å². The summed E-state index contributed by atoms with van der Waals surface area (Å²) >= 11 is 0. The number of nitrogens with zero attached hydrogens (tertiary/aromatic N) is 1. The normalized spacial score (nSPS) is 16.9. The van der Waals surface area contributed by atoms with E-state index in [4.69, 9.17) is 4.74 Å². The van der Waals surface area contributed by atoms with Crippen LogP contribution in [0.4, 0.5) is 10.5 Å². The first-order valence-corrected chi connectivity index (χ1v) is 6.99. The van der Waals surface area contributed by atoms with Gasteiger partial charge in [0, 0.05) is 12.2 Å². The van der Waals surface area contributed by atoms with Crippen LogP contribution in [0.25, 0.3) is 0 Å². The van der Waals surface area contributed by atoms with Gasteiger partial charge >= 0.3 is 6.09 Å². The molecule has 0 aromatic heterocycles. The molecule has 1 fully saturated rings. The molecule has 0 aliphatic carbocycles. The van der Waals surface area contributed by atoms with Crippen LogP contribution in [0.5, 0.6) is 0 Å². The molecule has 0 spiro atoms. The molecule has 1 heterocycles. The molecular formula is C15H23ClN2O2. The highest BCUT2D eigenvalue weighted by Gasteiger charge is 2.16. The zero-order chi connectivity index (χ0) is 13.5. The summed E-state index contributed by atoms with van der Waals surface area (Å²) in [6, 6.07) is 9.36. The van der Waals surface area contributed by atoms with Gasteiger partial charge in [0.25, 0.3) is 0 Å². The topological polar surface area (TPSA) is 41.6 Å². The molecular weight excluding hydrogens is 276 g/mol. The molecule has 1 N–H and O–H groups in total. The van der Waals surface area contributed by atoms with E-state index in [0.717, 1.165) is 25.3 Å². The molecule has 1 aliphatic heterocycles. The number of amides is 1.